The fourth-order valence-electron chi connectivity index (χ4n) is 1.09. The third kappa shape index (κ3) is 3.93. The van der Waals surface area contributed by atoms with Gasteiger partial charge in [0.25, 0.3) is 0 Å². The first-order valence-corrected chi connectivity index (χ1v) is 4.85. The van der Waals surface area contributed by atoms with Crippen LogP contribution in [0.3, 0.4) is 0 Å². The standard InChI is InChI=1S/C10H15N3O2/c1-7(10(14)15)3-4-11-9-5-8(2)12-6-13-9/h5-7H,3-4H2,1-2H3,(H,14,15)(H,11,12,13). The Morgan fingerprint density at radius 1 is 1.60 bits per heavy atom. The number of carboxylic acids is 1. The van der Waals surface area contributed by atoms with Gasteiger partial charge in [-0.05, 0) is 13.3 Å². The lowest BCUT2D eigenvalue weighted by atomic mass is 10.1. The summed E-state index contributed by atoms with van der Waals surface area (Å²) in [6.07, 6.45) is 2.07. The van der Waals surface area contributed by atoms with Crippen LogP contribution in [-0.2, 0) is 4.79 Å². The Morgan fingerprint density at radius 3 is 2.93 bits per heavy atom. The summed E-state index contributed by atoms with van der Waals surface area (Å²) in [4.78, 5) is 18.5. The number of aromatic nitrogens is 2. The van der Waals surface area contributed by atoms with Gasteiger partial charge in [0.15, 0.2) is 0 Å². The molecule has 0 bridgehead atoms. The zero-order chi connectivity index (χ0) is 11.3. The molecular formula is C10H15N3O2. The van der Waals surface area contributed by atoms with Gasteiger partial charge in [-0.25, -0.2) is 9.97 Å². The normalized spacial score (nSPS) is 12.1. The van der Waals surface area contributed by atoms with Gasteiger partial charge in [-0.2, -0.15) is 0 Å². The van der Waals surface area contributed by atoms with Crippen molar-refractivity contribution in [2.24, 2.45) is 5.92 Å². The SMILES string of the molecule is Cc1cc(NCCC(C)C(=O)O)ncn1. The fourth-order valence-corrected chi connectivity index (χ4v) is 1.09. The summed E-state index contributed by atoms with van der Waals surface area (Å²) in [5.74, 6) is -0.365. The van der Waals surface area contributed by atoms with E-state index in [0.29, 0.717) is 13.0 Å². The van der Waals surface area contributed by atoms with Crippen molar-refractivity contribution in [3.05, 3.63) is 18.1 Å². The number of hydrogen-bond acceptors (Lipinski definition) is 4. The highest BCUT2D eigenvalue weighted by Crippen LogP contribution is 2.05. The molecule has 15 heavy (non-hydrogen) atoms. The summed E-state index contributed by atoms with van der Waals surface area (Å²) in [6, 6.07) is 1.82. The Balaban J connectivity index is 2.35. The molecule has 82 valence electrons. The lowest BCUT2D eigenvalue weighted by Crippen LogP contribution is -2.14. The van der Waals surface area contributed by atoms with E-state index in [1.807, 2.05) is 13.0 Å². The second-order valence-electron chi connectivity index (χ2n) is 3.50. The van der Waals surface area contributed by atoms with Crippen LogP contribution in [0.25, 0.3) is 0 Å². The monoisotopic (exact) mass is 209 g/mol. The van der Waals surface area contributed by atoms with E-state index < -0.39 is 5.97 Å². The van der Waals surface area contributed by atoms with Gasteiger partial charge in [0, 0.05) is 18.3 Å². The largest absolute Gasteiger partial charge is 0.481 e. The number of carbonyl (C=O) groups is 1. The molecule has 0 radical (unpaired) electrons. The van der Waals surface area contributed by atoms with Gasteiger partial charge in [0.2, 0.25) is 0 Å². The van der Waals surface area contributed by atoms with Gasteiger partial charge in [-0.15, -0.1) is 0 Å². The molecule has 0 amide bonds. The highest BCUT2D eigenvalue weighted by Gasteiger charge is 2.09. The number of aliphatic carboxylic acids is 1. The molecule has 1 rings (SSSR count). The van der Waals surface area contributed by atoms with E-state index in [9.17, 15) is 4.79 Å². The number of nitrogens with one attached hydrogen (secondary N) is 1. The predicted molar refractivity (Wildman–Crippen MR) is 56.7 cm³/mol. The van der Waals surface area contributed by atoms with Crippen LogP contribution in [0.15, 0.2) is 12.4 Å². The Morgan fingerprint density at radius 2 is 2.33 bits per heavy atom. The third-order valence-corrected chi connectivity index (χ3v) is 2.11. The second kappa shape index (κ2) is 5.29. The predicted octanol–water partition coefficient (Wildman–Crippen LogP) is 1.31. The molecular weight excluding hydrogens is 194 g/mol. The van der Waals surface area contributed by atoms with Gasteiger partial charge < -0.3 is 10.4 Å². The average molecular weight is 209 g/mol. The van der Waals surface area contributed by atoms with Crippen LogP contribution in [0.1, 0.15) is 19.0 Å². The molecule has 1 heterocycles. The number of carboxylic acid groups (broad SMARTS) is 1. The van der Waals surface area contributed by atoms with Crippen LogP contribution >= 0.6 is 0 Å². The maximum absolute atomic E-state index is 10.5. The van der Waals surface area contributed by atoms with E-state index in [0.717, 1.165) is 11.5 Å². The van der Waals surface area contributed by atoms with Crippen LogP contribution in [-0.4, -0.2) is 27.6 Å². The first-order chi connectivity index (χ1) is 7.09. The van der Waals surface area contributed by atoms with E-state index in [-0.39, 0.29) is 5.92 Å². The van der Waals surface area contributed by atoms with Gasteiger partial charge in [-0.3, -0.25) is 4.79 Å². The number of aryl methyl sites for hydroxylation is 1. The molecule has 0 aromatic carbocycles. The summed E-state index contributed by atoms with van der Waals surface area (Å²) in [6.45, 7) is 4.17. The molecule has 5 heteroatoms. The van der Waals surface area contributed by atoms with Crippen molar-refractivity contribution < 1.29 is 9.90 Å². The summed E-state index contributed by atoms with van der Waals surface area (Å²) >= 11 is 0. The summed E-state index contributed by atoms with van der Waals surface area (Å²) in [5, 5.41) is 11.7. The second-order valence-corrected chi connectivity index (χ2v) is 3.50. The molecule has 0 aliphatic rings. The van der Waals surface area contributed by atoms with Gasteiger partial charge >= 0.3 is 5.97 Å². The Bertz CT molecular complexity index is 341. The van der Waals surface area contributed by atoms with Gasteiger partial charge in [0.05, 0.1) is 5.92 Å². The van der Waals surface area contributed by atoms with Gasteiger partial charge in [-0.1, -0.05) is 6.92 Å². The molecule has 1 unspecified atom stereocenters. The molecule has 0 spiro atoms. The van der Waals surface area contributed by atoms with Crippen LogP contribution in [0, 0.1) is 12.8 Å². The van der Waals surface area contributed by atoms with E-state index in [2.05, 4.69) is 15.3 Å². The maximum atomic E-state index is 10.5. The van der Waals surface area contributed by atoms with Crippen LogP contribution in [0.4, 0.5) is 5.82 Å². The zero-order valence-corrected chi connectivity index (χ0v) is 8.90. The fraction of sp³-hybridized carbons (Fsp3) is 0.500. The van der Waals surface area contributed by atoms with Crippen LogP contribution < -0.4 is 5.32 Å². The molecule has 0 saturated carbocycles. The first kappa shape index (κ1) is 11.4. The smallest absolute Gasteiger partial charge is 0.306 e. The number of nitrogens with zero attached hydrogens (tertiary/aromatic N) is 2. The lowest BCUT2D eigenvalue weighted by Gasteiger charge is -2.08. The first-order valence-electron chi connectivity index (χ1n) is 4.85. The molecule has 1 atom stereocenters. The summed E-state index contributed by atoms with van der Waals surface area (Å²) < 4.78 is 0. The minimum atomic E-state index is -0.768. The van der Waals surface area contributed by atoms with Crippen LogP contribution in [0.5, 0.6) is 0 Å². The van der Waals surface area contributed by atoms with Crippen molar-refractivity contribution in [3.63, 3.8) is 0 Å². The Hall–Kier alpha value is -1.65. The average Bonchev–Trinajstić information content (AvgIpc) is 2.17. The number of rotatable bonds is 5. The van der Waals surface area contributed by atoms with Crippen molar-refractivity contribution in [3.8, 4) is 0 Å². The zero-order valence-electron chi connectivity index (χ0n) is 8.90. The van der Waals surface area contributed by atoms with E-state index >= 15 is 0 Å². The van der Waals surface area contributed by atoms with E-state index in [4.69, 9.17) is 5.11 Å². The highest BCUT2D eigenvalue weighted by atomic mass is 16.4. The summed E-state index contributed by atoms with van der Waals surface area (Å²) in [7, 11) is 0. The lowest BCUT2D eigenvalue weighted by molar-refractivity contribution is -0.141. The number of hydrogen-bond donors (Lipinski definition) is 2. The van der Waals surface area contributed by atoms with Crippen molar-refractivity contribution in [1.82, 2.24) is 9.97 Å². The van der Waals surface area contributed by atoms with E-state index in [1.165, 1.54) is 6.33 Å². The molecule has 5 nitrogen and oxygen atoms in total. The minimum absolute atomic E-state index is 0.333. The Kier molecular flexibility index (Phi) is 4.03. The maximum Gasteiger partial charge on any atom is 0.306 e. The molecule has 1 aromatic rings. The quantitative estimate of drug-likeness (QED) is 0.764. The molecule has 0 aliphatic heterocycles. The molecule has 0 fully saturated rings. The highest BCUT2D eigenvalue weighted by molar-refractivity contribution is 5.69. The third-order valence-electron chi connectivity index (χ3n) is 2.11. The Labute approximate surface area is 88.6 Å². The van der Waals surface area contributed by atoms with Crippen molar-refractivity contribution in [2.75, 3.05) is 11.9 Å². The minimum Gasteiger partial charge on any atom is -0.481 e. The molecule has 1 aromatic heterocycles. The molecule has 0 saturated heterocycles. The topological polar surface area (TPSA) is 75.1 Å². The van der Waals surface area contributed by atoms with Crippen LogP contribution in [0.2, 0.25) is 0 Å². The van der Waals surface area contributed by atoms with Crippen molar-refractivity contribution >= 4 is 11.8 Å². The van der Waals surface area contributed by atoms with Crippen molar-refractivity contribution in [1.29, 1.82) is 0 Å². The molecule has 2 N–H and O–H groups in total. The van der Waals surface area contributed by atoms with Gasteiger partial charge in [0.1, 0.15) is 12.1 Å². The summed E-state index contributed by atoms with van der Waals surface area (Å²) in [5.41, 5.74) is 0.888. The van der Waals surface area contributed by atoms with E-state index in [1.54, 1.807) is 6.92 Å². The van der Waals surface area contributed by atoms with Crippen molar-refractivity contribution in [2.45, 2.75) is 20.3 Å². The molecule has 0 aliphatic carbocycles. The number of anilines is 1.